The molecule has 0 saturated carbocycles. The molecule has 20 heavy (non-hydrogen) atoms. The number of amides is 1. The maximum atomic E-state index is 12.0. The molecule has 0 aromatic rings. The summed E-state index contributed by atoms with van der Waals surface area (Å²) in [6.45, 7) is 3.42. The average molecular weight is 298 g/mol. The second kappa shape index (κ2) is 5.05. The van der Waals surface area contributed by atoms with Crippen molar-refractivity contribution in [2.24, 2.45) is 5.92 Å². The lowest BCUT2D eigenvalue weighted by Gasteiger charge is -2.44. The summed E-state index contributed by atoms with van der Waals surface area (Å²) in [7, 11) is 0. The van der Waals surface area contributed by atoms with E-state index in [-0.39, 0.29) is 17.6 Å². The van der Waals surface area contributed by atoms with Crippen LogP contribution in [0.5, 0.6) is 0 Å². The van der Waals surface area contributed by atoms with Gasteiger partial charge in [-0.15, -0.1) is 11.8 Å². The number of rotatable bonds is 4. The first-order valence-corrected chi connectivity index (χ1v) is 7.73. The fraction of sp³-hybridized carbons (Fsp3) is 0.692. The molecule has 3 heterocycles. The van der Waals surface area contributed by atoms with Gasteiger partial charge in [0.25, 0.3) is 0 Å². The van der Waals surface area contributed by atoms with Crippen LogP contribution in [0.2, 0.25) is 0 Å². The number of thioether (sulfide) groups is 1. The Bertz CT molecular complexity index is 485. The Hall–Kier alpha value is -1.05. The van der Waals surface area contributed by atoms with Crippen LogP contribution in [0.25, 0.3) is 0 Å². The van der Waals surface area contributed by atoms with Crippen molar-refractivity contribution >= 4 is 23.6 Å². The second-order valence-corrected chi connectivity index (χ2v) is 6.95. The normalized spacial score (nSPS) is 34.2. The first kappa shape index (κ1) is 13.9. The van der Waals surface area contributed by atoms with E-state index in [9.17, 15) is 19.8 Å². The minimum absolute atomic E-state index is 0.133. The van der Waals surface area contributed by atoms with Gasteiger partial charge in [0.1, 0.15) is 5.70 Å². The maximum Gasteiger partial charge on any atom is 0.353 e. The molecule has 0 aliphatic carbocycles. The first-order chi connectivity index (χ1) is 9.50. The molecule has 0 aromatic carbocycles. The van der Waals surface area contributed by atoms with Crippen LogP contribution in [0.15, 0.2) is 10.6 Å². The van der Waals surface area contributed by atoms with E-state index in [2.05, 4.69) is 5.32 Å². The van der Waals surface area contributed by atoms with Gasteiger partial charge >= 0.3 is 5.97 Å². The van der Waals surface area contributed by atoms with Crippen LogP contribution < -0.4 is 5.32 Å². The molecule has 6 nitrogen and oxygen atoms in total. The number of fused-ring (bicyclic) bond motifs is 1. The number of aliphatic hydroxyl groups excluding tert-OH is 1. The summed E-state index contributed by atoms with van der Waals surface area (Å²) in [5.41, 5.74) is 0.133. The van der Waals surface area contributed by atoms with Gasteiger partial charge in [-0.05, 0) is 19.9 Å². The van der Waals surface area contributed by atoms with E-state index in [0.717, 1.165) is 24.4 Å². The molecule has 110 valence electrons. The molecule has 4 atom stereocenters. The Morgan fingerprint density at radius 2 is 2.30 bits per heavy atom. The average Bonchev–Trinajstić information content (AvgIpc) is 2.95. The summed E-state index contributed by atoms with van der Waals surface area (Å²) in [6.07, 6.45) is 0.847. The van der Waals surface area contributed by atoms with Gasteiger partial charge in [-0.3, -0.25) is 4.79 Å². The number of carbonyl (C=O) groups is 2. The van der Waals surface area contributed by atoms with E-state index in [1.165, 1.54) is 4.90 Å². The fourth-order valence-corrected chi connectivity index (χ4v) is 4.67. The lowest BCUT2D eigenvalue weighted by Crippen LogP contribution is -2.61. The third-order valence-electron chi connectivity index (χ3n) is 4.21. The van der Waals surface area contributed by atoms with Crippen LogP contribution in [-0.2, 0) is 9.59 Å². The minimum atomic E-state index is -1.04. The number of nitrogens with zero attached hydrogens (tertiary/aromatic N) is 1. The number of aliphatic carboxylic acids is 1. The summed E-state index contributed by atoms with van der Waals surface area (Å²) < 4.78 is 0. The van der Waals surface area contributed by atoms with Gasteiger partial charge in [0.05, 0.1) is 18.1 Å². The van der Waals surface area contributed by atoms with Crippen molar-refractivity contribution in [2.75, 3.05) is 13.1 Å². The van der Waals surface area contributed by atoms with Crippen LogP contribution in [0, 0.1) is 5.92 Å². The van der Waals surface area contributed by atoms with Crippen LogP contribution in [0.3, 0.4) is 0 Å². The topological polar surface area (TPSA) is 89.9 Å². The Morgan fingerprint density at radius 1 is 1.55 bits per heavy atom. The molecule has 2 saturated heterocycles. The highest BCUT2D eigenvalue weighted by molar-refractivity contribution is 8.03. The maximum absolute atomic E-state index is 12.0. The molecule has 3 rings (SSSR count). The van der Waals surface area contributed by atoms with Crippen molar-refractivity contribution in [1.82, 2.24) is 10.2 Å². The number of carbonyl (C=O) groups excluding carboxylic acids is 1. The number of hydrogen-bond acceptors (Lipinski definition) is 5. The van der Waals surface area contributed by atoms with Crippen LogP contribution in [-0.4, -0.2) is 57.5 Å². The first-order valence-electron chi connectivity index (χ1n) is 6.85. The molecule has 4 unspecified atom stereocenters. The lowest BCUT2D eigenvalue weighted by molar-refractivity contribution is -0.161. The third-order valence-corrected chi connectivity index (χ3v) is 5.59. The smallest absolute Gasteiger partial charge is 0.353 e. The van der Waals surface area contributed by atoms with Gasteiger partial charge in [-0.2, -0.15) is 0 Å². The minimum Gasteiger partial charge on any atom is -0.477 e. The molecule has 7 heteroatoms. The van der Waals surface area contributed by atoms with E-state index < -0.39 is 18.0 Å². The van der Waals surface area contributed by atoms with Crippen molar-refractivity contribution in [2.45, 2.75) is 37.2 Å². The Kier molecular flexibility index (Phi) is 3.51. The highest BCUT2D eigenvalue weighted by atomic mass is 32.2. The quantitative estimate of drug-likeness (QED) is 0.633. The predicted molar refractivity (Wildman–Crippen MR) is 73.9 cm³/mol. The van der Waals surface area contributed by atoms with Gasteiger partial charge in [0.15, 0.2) is 0 Å². The molecule has 0 spiro atoms. The van der Waals surface area contributed by atoms with Gasteiger partial charge in [0, 0.05) is 23.1 Å². The van der Waals surface area contributed by atoms with Gasteiger partial charge in [0.2, 0.25) is 5.91 Å². The summed E-state index contributed by atoms with van der Waals surface area (Å²) in [5, 5.41) is 22.7. The zero-order valence-corrected chi connectivity index (χ0v) is 12.0. The zero-order chi connectivity index (χ0) is 14.4. The summed E-state index contributed by atoms with van der Waals surface area (Å²) in [4.78, 5) is 25.6. The SMILES string of the molecule is CC(O)C1C(=O)N2C(C(=O)O)=C(SC3CCNC3)CC12. The second-order valence-electron chi connectivity index (χ2n) is 5.56. The molecular weight excluding hydrogens is 280 g/mol. The van der Waals surface area contributed by atoms with Crippen molar-refractivity contribution in [3.8, 4) is 0 Å². The largest absolute Gasteiger partial charge is 0.477 e. The summed E-state index contributed by atoms with van der Waals surface area (Å²) >= 11 is 1.58. The van der Waals surface area contributed by atoms with Gasteiger partial charge in [-0.1, -0.05) is 0 Å². The summed E-state index contributed by atoms with van der Waals surface area (Å²) in [5.74, 6) is -1.76. The van der Waals surface area contributed by atoms with Crippen molar-refractivity contribution in [3.05, 3.63) is 10.6 Å². The molecule has 0 radical (unpaired) electrons. The molecule has 1 amide bonds. The van der Waals surface area contributed by atoms with Crippen molar-refractivity contribution in [3.63, 3.8) is 0 Å². The molecule has 0 bridgehead atoms. The fourth-order valence-electron chi connectivity index (χ4n) is 3.27. The molecule has 2 fully saturated rings. The summed E-state index contributed by atoms with van der Waals surface area (Å²) in [6, 6.07) is -0.175. The molecule has 0 aromatic heterocycles. The standard InChI is InChI=1S/C13H18N2O4S/c1-6(16)10-8-4-9(20-7-2-3-14-5-7)11(13(18)19)15(8)12(10)17/h6-8,10,14,16H,2-5H2,1H3,(H,18,19). The zero-order valence-electron chi connectivity index (χ0n) is 11.2. The molecule has 3 aliphatic rings. The van der Waals surface area contributed by atoms with Crippen LogP contribution in [0.4, 0.5) is 0 Å². The molecule has 3 aliphatic heterocycles. The highest BCUT2D eigenvalue weighted by Crippen LogP contribution is 2.48. The number of carboxylic acids is 1. The number of nitrogens with one attached hydrogen (secondary N) is 1. The Labute approximate surface area is 121 Å². The Morgan fingerprint density at radius 3 is 2.85 bits per heavy atom. The van der Waals surface area contributed by atoms with E-state index in [4.69, 9.17) is 0 Å². The lowest BCUT2D eigenvalue weighted by atomic mass is 9.83. The van der Waals surface area contributed by atoms with E-state index in [1.807, 2.05) is 0 Å². The van der Waals surface area contributed by atoms with Crippen LogP contribution in [0.1, 0.15) is 19.8 Å². The predicted octanol–water partition coefficient (Wildman–Crippen LogP) is -0.0108. The number of carboxylic acid groups (broad SMARTS) is 1. The van der Waals surface area contributed by atoms with E-state index >= 15 is 0 Å². The van der Waals surface area contributed by atoms with Crippen LogP contribution >= 0.6 is 11.8 Å². The van der Waals surface area contributed by atoms with Gasteiger partial charge < -0.3 is 20.4 Å². The van der Waals surface area contributed by atoms with Crippen molar-refractivity contribution in [1.29, 1.82) is 0 Å². The third kappa shape index (κ3) is 2.04. The van der Waals surface area contributed by atoms with E-state index in [1.54, 1.807) is 18.7 Å². The molecular formula is C13H18N2O4S. The van der Waals surface area contributed by atoms with Gasteiger partial charge in [-0.25, -0.2) is 4.79 Å². The number of β-lactam (4-membered cyclic amide) rings is 1. The van der Waals surface area contributed by atoms with Crippen molar-refractivity contribution < 1.29 is 19.8 Å². The monoisotopic (exact) mass is 298 g/mol. The highest BCUT2D eigenvalue weighted by Gasteiger charge is 2.56. The van der Waals surface area contributed by atoms with E-state index in [0.29, 0.717) is 11.7 Å². The Balaban J connectivity index is 1.81. The molecule has 3 N–H and O–H groups in total. The number of hydrogen-bond donors (Lipinski definition) is 3. The number of aliphatic hydroxyl groups is 1.